The highest BCUT2D eigenvalue weighted by atomic mass is 16.5. The Morgan fingerprint density at radius 1 is 1.03 bits per heavy atom. The van der Waals surface area contributed by atoms with E-state index >= 15 is 0 Å². The minimum atomic E-state index is -0.913. The fraction of sp³-hybridized carbons (Fsp3) is 0.269. The molecule has 12 nitrogen and oxygen atoms in total. The Labute approximate surface area is 217 Å². The highest BCUT2D eigenvalue weighted by molar-refractivity contribution is 5.78. The summed E-state index contributed by atoms with van der Waals surface area (Å²) in [6.45, 7) is 2.76. The topological polar surface area (TPSA) is 131 Å². The number of piperidine rings is 1. The molecular weight excluding hydrogens is 488 g/mol. The Morgan fingerprint density at radius 3 is 2.55 bits per heavy atom. The number of hydrogen-bond acceptors (Lipinski definition) is 8. The van der Waals surface area contributed by atoms with Crippen molar-refractivity contribution in [2.45, 2.75) is 25.4 Å². The molecule has 2 N–H and O–H groups in total. The second-order valence-corrected chi connectivity index (χ2v) is 9.23. The lowest BCUT2D eigenvalue weighted by Gasteiger charge is -2.40. The smallest absolute Gasteiger partial charge is 0.407 e. The summed E-state index contributed by atoms with van der Waals surface area (Å²) in [6.07, 6.45) is 6.83. The van der Waals surface area contributed by atoms with Gasteiger partial charge in [-0.3, -0.25) is 0 Å². The van der Waals surface area contributed by atoms with Gasteiger partial charge in [-0.1, -0.05) is 0 Å². The molecule has 12 heteroatoms. The van der Waals surface area contributed by atoms with E-state index in [1.54, 1.807) is 22.3 Å². The van der Waals surface area contributed by atoms with E-state index in [4.69, 9.17) is 9.47 Å². The van der Waals surface area contributed by atoms with Crippen LogP contribution in [0.5, 0.6) is 11.5 Å². The second-order valence-electron chi connectivity index (χ2n) is 9.23. The average molecular weight is 515 g/mol. The minimum Gasteiger partial charge on any atom is -0.465 e. The molecule has 0 saturated carbocycles. The number of methoxy groups -OCH3 is 1. The molecule has 1 saturated heterocycles. The molecule has 4 aromatic heterocycles. The summed E-state index contributed by atoms with van der Waals surface area (Å²) in [4.78, 5) is 21.6. The van der Waals surface area contributed by atoms with Gasteiger partial charge in [-0.05, 0) is 55.7 Å². The fourth-order valence-corrected chi connectivity index (χ4v) is 5.02. The summed E-state index contributed by atoms with van der Waals surface area (Å²) in [5.74, 6) is 2.02. The van der Waals surface area contributed by atoms with Gasteiger partial charge in [0.15, 0.2) is 11.5 Å². The Kier molecular flexibility index (Phi) is 5.80. The minimum absolute atomic E-state index is 0.391. The van der Waals surface area contributed by atoms with Crippen molar-refractivity contribution in [3.8, 4) is 11.5 Å². The van der Waals surface area contributed by atoms with Crippen molar-refractivity contribution in [1.82, 2.24) is 34.1 Å². The lowest BCUT2D eigenvalue weighted by atomic mass is 9.84. The van der Waals surface area contributed by atoms with Gasteiger partial charge in [-0.25, -0.2) is 23.8 Å². The van der Waals surface area contributed by atoms with E-state index in [1.807, 2.05) is 49.5 Å². The maximum absolute atomic E-state index is 11.4. The third-order valence-corrected chi connectivity index (χ3v) is 7.09. The van der Waals surface area contributed by atoms with E-state index in [2.05, 4.69) is 25.5 Å². The monoisotopic (exact) mass is 514 g/mol. The number of ether oxygens (including phenoxy) is 2. The molecule has 0 spiro atoms. The molecule has 38 heavy (non-hydrogen) atoms. The molecule has 5 heterocycles. The number of carbonyl (C=O) groups is 1. The number of fused-ring (bicyclic) bond motifs is 2. The van der Waals surface area contributed by atoms with Crippen LogP contribution in [-0.4, -0.2) is 65.5 Å². The van der Waals surface area contributed by atoms with Gasteiger partial charge in [-0.15, -0.1) is 0 Å². The number of aromatic nitrogens is 6. The van der Waals surface area contributed by atoms with Gasteiger partial charge in [0.05, 0.1) is 5.60 Å². The number of carboxylic acid groups (broad SMARTS) is 1. The van der Waals surface area contributed by atoms with Crippen molar-refractivity contribution in [3.63, 3.8) is 0 Å². The van der Waals surface area contributed by atoms with Crippen molar-refractivity contribution in [2.24, 2.45) is 0 Å². The Balaban J connectivity index is 1.28. The van der Waals surface area contributed by atoms with Gasteiger partial charge in [0.2, 0.25) is 0 Å². The molecule has 0 aliphatic carbocycles. The summed E-state index contributed by atoms with van der Waals surface area (Å²) in [6, 6.07) is 11.5. The second kappa shape index (κ2) is 9.30. The van der Waals surface area contributed by atoms with Gasteiger partial charge in [0.25, 0.3) is 0 Å². The standard InChI is InChI=1S/C26H26N8O4/c1-17-13-18(3-4-21(17)38-19-5-9-33-22(14-19)27-15-29-33)31-24-23-20(6-10-34(23)30-16-28-24)26(37-2)7-11-32(12-8-26)25(35)36/h3-6,9-10,13-16H,7-8,11-12H2,1-2H3,(H,35,36)(H,28,30,31). The first-order valence-electron chi connectivity index (χ1n) is 12.2. The Hall–Kier alpha value is -4.71. The summed E-state index contributed by atoms with van der Waals surface area (Å²) in [5, 5.41) is 21.3. The van der Waals surface area contributed by atoms with E-state index in [0.29, 0.717) is 43.1 Å². The van der Waals surface area contributed by atoms with Crippen molar-refractivity contribution < 1.29 is 19.4 Å². The number of likely N-dealkylation sites (tertiary alicyclic amines) is 1. The van der Waals surface area contributed by atoms with Gasteiger partial charge < -0.3 is 24.8 Å². The highest BCUT2D eigenvalue weighted by Crippen LogP contribution is 2.41. The Bertz CT molecular complexity index is 1640. The maximum atomic E-state index is 11.4. The number of benzene rings is 1. The molecule has 1 aromatic carbocycles. The van der Waals surface area contributed by atoms with Gasteiger partial charge in [0, 0.05) is 49.9 Å². The molecule has 1 fully saturated rings. The van der Waals surface area contributed by atoms with E-state index in [1.165, 1.54) is 17.6 Å². The summed E-state index contributed by atoms with van der Waals surface area (Å²) >= 11 is 0. The number of pyridine rings is 1. The number of nitrogens with zero attached hydrogens (tertiary/aromatic N) is 7. The van der Waals surface area contributed by atoms with E-state index < -0.39 is 11.7 Å². The van der Waals surface area contributed by atoms with Crippen LogP contribution in [0.25, 0.3) is 11.2 Å². The lowest BCUT2D eigenvalue weighted by Crippen LogP contribution is -2.45. The molecule has 1 aliphatic heterocycles. The first kappa shape index (κ1) is 23.7. The van der Waals surface area contributed by atoms with Crippen LogP contribution in [0, 0.1) is 6.92 Å². The zero-order valence-corrected chi connectivity index (χ0v) is 20.9. The summed E-state index contributed by atoms with van der Waals surface area (Å²) < 4.78 is 15.6. The number of anilines is 2. The maximum Gasteiger partial charge on any atom is 0.407 e. The van der Waals surface area contributed by atoms with Crippen molar-refractivity contribution >= 4 is 28.8 Å². The van der Waals surface area contributed by atoms with Gasteiger partial charge >= 0.3 is 6.09 Å². The van der Waals surface area contributed by atoms with Crippen LogP contribution < -0.4 is 10.1 Å². The molecule has 0 atom stereocenters. The largest absolute Gasteiger partial charge is 0.465 e. The summed E-state index contributed by atoms with van der Waals surface area (Å²) in [5.41, 5.74) is 3.55. The molecule has 1 aliphatic rings. The molecular formula is C26H26N8O4. The first-order chi connectivity index (χ1) is 18.5. The van der Waals surface area contributed by atoms with E-state index in [0.717, 1.165) is 28.1 Å². The predicted octanol–water partition coefficient (Wildman–Crippen LogP) is 4.23. The van der Waals surface area contributed by atoms with Crippen molar-refractivity contribution in [1.29, 1.82) is 0 Å². The van der Waals surface area contributed by atoms with Crippen LogP contribution in [-0.2, 0) is 10.3 Å². The molecule has 5 aromatic rings. The highest BCUT2D eigenvalue weighted by Gasteiger charge is 2.40. The molecule has 0 radical (unpaired) electrons. The van der Waals surface area contributed by atoms with E-state index in [-0.39, 0.29) is 0 Å². The molecule has 6 rings (SSSR count). The van der Waals surface area contributed by atoms with Crippen molar-refractivity contribution in [3.05, 3.63) is 72.6 Å². The van der Waals surface area contributed by atoms with Crippen LogP contribution >= 0.6 is 0 Å². The number of hydrogen-bond donors (Lipinski definition) is 2. The lowest BCUT2D eigenvalue weighted by molar-refractivity contribution is -0.0571. The molecule has 194 valence electrons. The predicted molar refractivity (Wildman–Crippen MR) is 138 cm³/mol. The molecule has 1 amide bonds. The van der Waals surface area contributed by atoms with Crippen LogP contribution in [0.1, 0.15) is 24.0 Å². The van der Waals surface area contributed by atoms with Crippen LogP contribution in [0.3, 0.4) is 0 Å². The van der Waals surface area contributed by atoms with Crippen LogP contribution in [0.15, 0.2) is 61.4 Å². The normalized spacial score (nSPS) is 15.2. The van der Waals surface area contributed by atoms with Gasteiger partial charge in [-0.2, -0.15) is 10.2 Å². The molecule has 0 unspecified atom stereocenters. The number of amides is 1. The van der Waals surface area contributed by atoms with Crippen LogP contribution in [0.2, 0.25) is 0 Å². The third-order valence-electron chi connectivity index (χ3n) is 7.09. The SMILES string of the molecule is COC1(c2ccn3ncnc(Nc4ccc(Oc5ccn6ncnc6c5)c(C)c4)c23)CCN(C(=O)O)CC1. The van der Waals surface area contributed by atoms with Crippen LogP contribution in [0.4, 0.5) is 16.3 Å². The zero-order valence-electron chi connectivity index (χ0n) is 20.9. The number of aryl methyl sites for hydroxylation is 1. The summed E-state index contributed by atoms with van der Waals surface area (Å²) in [7, 11) is 1.67. The number of nitrogens with one attached hydrogen (secondary N) is 1. The van der Waals surface area contributed by atoms with Crippen molar-refractivity contribution in [2.75, 3.05) is 25.5 Å². The first-order valence-corrected chi connectivity index (χ1v) is 12.2. The average Bonchev–Trinajstić information content (AvgIpc) is 3.58. The fourth-order valence-electron chi connectivity index (χ4n) is 5.02. The van der Waals surface area contributed by atoms with E-state index in [9.17, 15) is 9.90 Å². The van der Waals surface area contributed by atoms with Gasteiger partial charge in [0.1, 0.15) is 29.7 Å². The Morgan fingerprint density at radius 2 is 1.79 bits per heavy atom. The molecule has 0 bridgehead atoms. The number of rotatable bonds is 6. The zero-order chi connectivity index (χ0) is 26.3. The quantitative estimate of drug-likeness (QED) is 0.342. The third kappa shape index (κ3) is 4.14.